The van der Waals surface area contributed by atoms with Gasteiger partial charge in [0.2, 0.25) is 0 Å². The van der Waals surface area contributed by atoms with Crippen LogP contribution < -0.4 is 5.32 Å². The minimum Gasteiger partial charge on any atom is -0.317 e. The van der Waals surface area contributed by atoms with Crippen LogP contribution in [0.25, 0.3) is 0 Å². The summed E-state index contributed by atoms with van der Waals surface area (Å²) < 4.78 is 1.32. The predicted octanol–water partition coefficient (Wildman–Crippen LogP) is 3.37. The second-order valence-electron chi connectivity index (χ2n) is 3.21. The lowest BCUT2D eigenvalue weighted by Crippen LogP contribution is -2.16. The molecular weight excluding hydrogens is 261 g/mol. The van der Waals surface area contributed by atoms with E-state index < -0.39 is 0 Å². The molecule has 1 nitrogen and oxygen atoms in total. The molecule has 0 saturated carbocycles. The van der Waals surface area contributed by atoms with Crippen molar-refractivity contribution < 1.29 is 0 Å². The molecule has 0 aromatic heterocycles. The maximum atomic E-state index is 3.46. The largest absolute Gasteiger partial charge is 0.317 e. The SMILES string of the molecule is CCCCNCCCCCCI. The van der Waals surface area contributed by atoms with Crippen LogP contribution in [-0.2, 0) is 0 Å². The highest BCUT2D eigenvalue weighted by molar-refractivity contribution is 14.1. The lowest BCUT2D eigenvalue weighted by molar-refractivity contribution is 0.584. The fraction of sp³-hybridized carbons (Fsp3) is 1.00. The second-order valence-corrected chi connectivity index (χ2v) is 4.29. The Kier molecular flexibility index (Phi) is 12.4. The molecule has 2 heteroatoms. The second kappa shape index (κ2) is 11.7. The molecule has 0 spiro atoms. The van der Waals surface area contributed by atoms with E-state index in [2.05, 4.69) is 34.8 Å². The zero-order valence-corrected chi connectivity index (χ0v) is 10.4. The Morgan fingerprint density at radius 2 is 1.58 bits per heavy atom. The molecule has 0 amide bonds. The fourth-order valence-corrected chi connectivity index (χ4v) is 1.66. The van der Waals surface area contributed by atoms with Gasteiger partial charge in [-0.3, -0.25) is 0 Å². The average molecular weight is 283 g/mol. The van der Waals surface area contributed by atoms with Crippen molar-refractivity contribution in [1.82, 2.24) is 5.32 Å². The van der Waals surface area contributed by atoms with E-state index in [0.29, 0.717) is 0 Å². The molecule has 0 aliphatic carbocycles. The van der Waals surface area contributed by atoms with E-state index in [4.69, 9.17) is 0 Å². The Hall–Kier alpha value is 0.690. The molecule has 0 radical (unpaired) electrons. The molecule has 0 bridgehead atoms. The smallest absolute Gasteiger partial charge is 0.000473 e. The third-order valence-electron chi connectivity index (χ3n) is 1.94. The zero-order valence-electron chi connectivity index (χ0n) is 8.24. The molecule has 0 unspecified atom stereocenters. The monoisotopic (exact) mass is 283 g/mol. The lowest BCUT2D eigenvalue weighted by atomic mass is 10.2. The summed E-state index contributed by atoms with van der Waals surface area (Å²) in [5, 5.41) is 3.46. The number of hydrogen-bond acceptors (Lipinski definition) is 1. The molecule has 1 N–H and O–H groups in total. The van der Waals surface area contributed by atoms with Gasteiger partial charge in [0.15, 0.2) is 0 Å². The lowest BCUT2D eigenvalue weighted by Gasteiger charge is -2.02. The van der Waals surface area contributed by atoms with Crippen LogP contribution in [0.4, 0.5) is 0 Å². The minimum absolute atomic E-state index is 1.21. The molecule has 0 aliphatic rings. The van der Waals surface area contributed by atoms with Crippen molar-refractivity contribution in [2.45, 2.75) is 45.4 Å². The van der Waals surface area contributed by atoms with E-state index in [0.717, 1.165) is 0 Å². The van der Waals surface area contributed by atoms with E-state index in [9.17, 15) is 0 Å². The van der Waals surface area contributed by atoms with Gasteiger partial charge in [-0.2, -0.15) is 0 Å². The quantitative estimate of drug-likeness (QED) is 0.388. The van der Waals surface area contributed by atoms with Crippen LogP contribution in [0.15, 0.2) is 0 Å². The fourth-order valence-electron chi connectivity index (χ4n) is 1.12. The molecule has 0 saturated heterocycles. The molecule has 0 aromatic rings. The number of rotatable bonds is 9. The van der Waals surface area contributed by atoms with Crippen molar-refractivity contribution >= 4 is 22.6 Å². The number of alkyl halides is 1. The third kappa shape index (κ3) is 10.7. The van der Waals surface area contributed by atoms with Gasteiger partial charge in [0.1, 0.15) is 0 Å². The summed E-state index contributed by atoms with van der Waals surface area (Å²) >= 11 is 2.45. The van der Waals surface area contributed by atoms with Gasteiger partial charge >= 0.3 is 0 Å². The maximum Gasteiger partial charge on any atom is -0.000473 e. The third-order valence-corrected chi connectivity index (χ3v) is 2.71. The summed E-state index contributed by atoms with van der Waals surface area (Å²) in [5.74, 6) is 0. The van der Waals surface area contributed by atoms with Crippen molar-refractivity contribution in [3.8, 4) is 0 Å². The van der Waals surface area contributed by atoms with Crippen LogP contribution in [0.2, 0.25) is 0 Å². The Morgan fingerprint density at radius 3 is 2.25 bits per heavy atom. The van der Waals surface area contributed by atoms with Crippen molar-refractivity contribution in [3.63, 3.8) is 0 Å². The van der Waals surface area contributed by atoms with Crippen LogP contribution in [0.1, 0.15) is 45.4 Å². The standard InChI is InChI=1S/C10H22IN/c1-2-3-9-12-10-7-5-4-6-8-11/h12H,2-10H2,1H3. The molecule has 0 aliphatic heterocycles. The zero-order chi connectivity index (χ0) is 9.07. The maximum absolute atomic E-state index is 3.46. The Morgan fingerprint density at radius 1 is 0.917 bits per heavy atom. The van der Waals surface area contributed by atoms with Crippen molar-refractivity contribution in [3.05, 3.63) is 0 Å². The average Bonchev–Trinajstić information content (AvgIpc) is 2.10. The summed E-state index contributed by atoms with van der Waals surface area (Å²) in [6, 6.07) is 0. The molecule has 0 heterocycles. The van der Waals surface area contributed by atoms with Crippen LogP contribution in [0.5, 0.6) is 0 Å². The molecule has 0 aromatic carbocycles. The van der Waals surface area contributed by atoms with Gasteiger partial charge in [-0.05, 0) is 36.8 Å². The van der Waals surface area contributed by atoms with E-state index in [-0.39, 0.29) is 0 Å². The number of hydrogen-bond donors (Lipinski definition) is 1. The molecule has 0 rings (SSSR count). The molecule has 74 valence electrons. The van der Waals surface area contributed by atoms with Gasteiger partial charge in [-0.25, -0.2) is 0 Å². The molecular formula is C10H22IN. The van der Waals surface area contributed by atoms with Gasteiger partial charge in [0.25, 0.3) is 0 Å². The highest BCUT2D eigenvalue weighted by Crippen LogP contribution is 2.01. The minimum atomic E-state index is 1.21. The summed E-state index contributed by atoms with van der Waals surface area (Å²) in [4.78, 5) is 0. The van der Waals surface area contributed by atoms with Crippen LogP contribution >= 0.6 is 22.6 Å². The first kappa shape index (κ1) is 12.7. The van der Waals surface area contributed by atoms with E-state index >= 15 is 0 Å². The van der Waals surface area contributed by atoms with Crippen LogP contribution in [0, 0.1) is 0 Å². The topological polar surface area (TPSA) is 12.0 Å². The van der Waals surface area contributed by atoms with Gasteiger partial charge in [0.05, 0.1) is 0 Å². The van der Waals surface area contributed by atoms with Gasteiger partial charge in [0, 0.05) is 0 Å². The highest BCUT2D eigenvalue weighted by atomic mass is 127. The first-order chi connectivity index (χ1) is 5.91. The summed E-state index contributed by atoms with van der Waals surface area (Å²) in [5.41, 5.74) is 0. The van der Waals surface area contributed by atoms with E-state index in [1.54, 1.807) is 0 Å². The first-order valence-corrected chi connectivity index (χ1v) is 6.71. The molecule has 12 heavy (non-hydrogen) atoms. The van der Waals surface area contributed by atoms with Crippen LogP contribution in [0.3, 0.4) is 0 Å². The van der Waals surface area contributed by atoms with Crippen molar-refractivity contribution in [1.29, 1.82) is 0 Å². The Bertz CT molecular complexity index is 66.2. The Labute approximate surface area is 90.8 Å². The highest BCUT2D eigenvalue weighted by Gasteiger charge is 1.88. The summed E-state index contributed by atoms with van der Waals surface area (Å²) in [6.07, 6.45) is 8.21. The first-order valence-electron chi connectivity index (χ1n) is 5.18. The predicted molar refractivity (Wildman–Crippen MR) is 65.1 cm³/mol. The Balaban J connectivity index is 2.73. The van der Waals surface area contributed by atoms with Gasteiger partial charge < -0.3 is 5.32 Å². The van der Waals surface area contributed by atoms with E-state index in [1.165, 1.54) is 56.0 Å². The van der Waals surface area contributed by atoms with Crippen molar-refractivity contribution in [2.75, 3.05) is 17.5 Å². The van der Waals surface area contributed by atoms with E-state index in [1.807, 2.05) is 0 Å². The number of halogens is 1. The normalized spacial score (nSPS) is 10.5. The summed E-state index contributed by atoms with van der Waals surface area (Å²) in [6.45, 7) is 4.67. The van der Waals surface area contributed by atoms with Crippen molar-refractivity contribution in [2.24, 2.45) is 0 Å². The summed E-state index contributed by atoms with van der Waals surface area (Å²) in [7, 11) is 0. The molecule has 0 atom stereocenters. The van der Waals surface area contributed by atoms with Crippen LogP contribution in [-0.4, -0.2) is 17.5 Å². The number of unbranched alkanes of at least 4 members (excludes halogenated alkanes) is 4. The van der Waals surface area contributed by atoms with Gasteiger partial charge in [-0.1, -0.05) is 48.8 Å². The molecule has 0 fully saturated rings. The number of nitrogens with one attached hydrogen (secondary N) is 1. The van der Waals surface area contributed by atoms with Gasteiger partial charge in [-0.15, -0.1) is 0 Å².